The van der Waals surface area contributed by atoms with Gasteiger partial charge in [-0.15, -0.1) is 0 Å². The molecule has 0 aromatic rings. The third kappa shape index (κ3) is 4.18. The zero-order valence-electron chi connectivity index (χ0n) is 5.56. The Labute approximate surface area is 42.9 Å². The normalized spacial score (nSPS) is 17.7. The smallest absolute Gasteiger partial charge is 0.158 e. The van der Waals surface area contributed by atoms with Crippen LogP contribution >= 0.6 is 0 Å². The van der Waals surface area contributed by atoms with Crippen LogP contribution < -0.4 is 0 Å². The van der Waals surface area contributed by atoms with Gasteiger partial charge in [-0.05, 0) is 13.8 Å². The summed E-state index contributed by atoms with van der Waals surface area (Å²) in [5.74, 6) is 0. The summed E-state index contributed by atoms with van der Waals surface area (Å²) in [6.45, 7) is 5.76. The lowest BCUT2D eigenvalue weighted by Gasteiger charge is -2.00. The molecule has 0 aliphatic rings. The Hall–Kier alpha value is 0.177. The maximum Gasteiger partial charge on any atom is 0.158 e. The van der Waals surface area contributed by atoms with E-state index in [0.29, 0.717) is 0 Å². The summed E-state index contributed by atoms with van der Waals surface area (Å²) in [5, 5.41) is 0. The molecular formula is C4H12OSi. The van der Waals surface area contributed by atoms with Crippen LogP contribution in [0.1, 0.15) is 13.8 Å². The molecule has 2 heteroatoms. The van der Waals surface area contributed by atoms with E-state index in [1.54, 1.807) is 0 Å². The molecule has 0 aliphatic heterocycles. The predicted molar refractivity (Wildman–Crippen MR) is 30.6 cm³/mol. The lowest BCUT2D eigenvalue weighted by atomic mass is 10.5. The molecule has 1 nitrogen and oxygen atoms in total. The van der Waals surface area contributed by atoms with Gasteiger partial charge in [0.05, 0.1) is 0 Å². The van der Waals surface area contributed by atoms with Crippen molar-refractivity contribution in [1.29, 1.82) is 1.23 Å². The van der Waals surface area contributed by atoms with Crippen molar-refractivity contribution in [2.45, 2.75) is 26.5 Å². The first-order valence-corrected chi connectivity index (χ1v) is 3.83. The Bertz CT molecular complexity index is 41.0. The van der Waals surface area contributed by atoms with Gasteiger partial charge in [-0.1, -0.05) is 6.55 Å². The van der Waals surface area contributed by atoms with Crippen LogP contribution in [0, 0.1) is 0 Å². The quantitative estimate of drug-likeness (QED) is 0.467. The number of hydrogen-bond acceptors (Lipinski definition) is 1. The summed E-state index contributed by atoms with van der Waals surface area (Å²) < 4.78 is 12.1. The van der Waals surface area contributed by atoms with Crippen molar-refractivity contribution in [2.75, 3.05) is 0 Å². The average Bonchev–Trinajstić information content (AvgIpc) is 1.27. The van der Waals surface area contributed by atoms with Gasteiger partial charge >= 0.3 is 0 Å². The molecule has 0 amide bonds. The van der Waals surface area contributed by atoms with E-state index >= 15 is 0 Å². The van der Waals surface area contributed by atoms with Gasteiger partial charge < -0.3 is 4.43 Å². The van der Waals surface area contributed by atoms with Crippen molar-refractivity contribution < 1.29 is 4.43 Å². The van der Waals surface area contributed by atoms with Crippen molar-refractivity contribution in [1.82, 2.24) is 0 Å². The highest BCUT2D eigenvalue weighted by molar-refractivity contribution is 6.24. The van der Waals surface area contributed by atoms with Gasteiger partial charge in [0.1, 0.15) is 0 Å². The third-order valence-electron chi connectivity index (χ3n) is 0.408. The minimum Gasteiger partial charge on any atom is -0.422 e. The minimum atomic E-state index is -1.48. The number of hydrogen-bond donors (Lipinski definition) is 0. The lowest BCUT2D eigenvalue weighted by molar-refractivity contribution is 0.258. The zero-order valence-corrected chi connectivity index (χ0v) is 5.72. The van der Waals surface area contributed by atoms with Crippen molar-refractivity contribution in [2.24, 2.45) is 0 Å². The highest BCUT2D eigenvalue weighted by atomic mass is 28.2. The molecule has 1 unspecified atom stereocenters. The molecule has 0 bridgehead atoms. The summed E-state index contributed by atoms with van der Waals surface area (Å²) in [4.78, 5) is 0. The van der Waals surface area contributed by atoms with Gasteiger partial charge in [-0.2, -0.15) is 0 Å². The summed E-state index contributed by atoms with van der Waals surface area (Å²) in [7, 11) is -1.48. The first-order valence-electron chi connectivity index (χ1n) is 2.78. The Morgan fingerprint density at radius 1 is 1.83 bits per heavy atom. The monoisotopic (exact) mass is 106 g/mol. The molecule has 0 heterocycles. The highest BCUT2D eigenvalue weighted by Crippen LogP contribution is 1.81. The number of rotatable bonds is 2. The molecule has 0 aliphatic carbocycles. The Kier molecular flexibility index (Phi) is 2.44. The molecule has 0 spiro atoms. The van der Waals surface area contributed by atoms with E-state index < -0.39 is 9.70 Å². The van der Waals surface area contributed by atoms with E-state index in [4.69, 9.17) is 5.66 Å². The fourth-order valence-corrected chi connectivity index (χ4v) is 0.816. The molecule has 0 N–H and O–H groups in total. The van der Waals surface area contributed by atoms with E-state index in [0.717, 1.165) is 0 Å². The van der Waals surface area contributed by atoms with Crippen molar-refractivity contribution in [3.8, 4) is 0 Å². The highest BCUT2D eigenvalue weighted by Gasteiger charge is 1.83. The van der Waals surface area contributed by atoms with E-state index in [-0.39, 0.29) is 6.10 Å². The standard InChI is InChI=1S/C4H12OSi/c1-4(2)5-6-3/h4H,6H2,1-3H3/i6T. The van der Waals surface area contributed by atoms with Gasteiger partial charge in [0.15, 0.2) is 9.70 Å². The minimum absolute atomic E-state index is 0.249. The van der Waals surface area contributed by atoms with E-state index in [2.05, 4.69) is 0 Å². The molecule has 1 atom stereocenters. The van der Waals surface area contributed by atoms with Crippen molar-refractivity contribution in [3.63, 3.8) is 0 Å². The molecule has 0 aromatic carbocycles. The fraction of sp³-hybridized carbons (Fsp3) is 1.00. The lowest BCUT2D eigenvalue weighted by Crippen LogP contribution is -2.02. The van der Waals surface area contributed by atoms with Crippen molar-refractivity contribution in [3.05, 3.63) is 0 Å². The van der Waals surface area contributed by atoms with Crippen molar-refractivity contribution >= 4 is 9.70 Å². The largest absolute Gasteiger partial charge is 0.422 e. The molecular weight excluding hydrogens is 92.1 g/mol. The van der Waals surface area contributed by atoms with Crippen LogP contribution in [0.25, 0.3) is 0 Å². The van der Waals surface area contributed by atoms with Crippen LogP contribution in [0.5, 0.6) is 0 Å². The topological polar surface area (TPSA) is 9.23 Å². The van der Waals surface area contributed by atoms with Crippen LogP contribution in [-0.2, 0) is 4.43 Å². The van der Waals surface area contributed by atoms with E-state index in [1.165, 1.54) is 0 Å². The van der Waals surface area contributed by atoms with Gasteiger partial charge in [0.25, 0.3) is 0 Å². The van der Waals surface area contributed by atoms with Crippen LogP contribution in [0.2, 0.25) is 6.55 Å². The SMILES string of the molecule is [3H][SiH](C)OC(C)C. The molecule has 6 heavy (non-hydrogen) atoms. The van der Waals surface area contributed by atoms with Gasteiger partial charge in [0.2, 0.25) is 0 Å². The molecule has 0 rings (SSSR count). The molecule has 0 radical (unpaired) electrons. The Morgan fingerprint density at radius 2 is 2.33 bits per heavy atom. The average molecular weight is 106 g/mol. The Morgan fingerprint density at radius 3 is 2.33 bits per heavy atom. The maximum atomic E-state index is 7.02. The van der Waals surface area contributed by atoms with Gasteiger partial charge in [0, 0.05) is 7.34 Å². The van der Waals surface area contributed by atoms with E-state index in [1.807, 2.05) is 20.4 Å². The zero-order chi connectivity index (χ0) is 5.86. The molecule has 0 fully saturated rings. The molecule has 0 aromatic heterocycles. The van der Waals surface area contributed by atoms with Crippen LogP contribution in [-0.4, -0.2) is 17.0 Å². The fourth-order valence-electron chi connectivity index (χ4n) is 0.272. The van der Waals surface area contributed by atoms with Crippen LogP contribution in [0.4, 0.5) is 0 Å². The maximum absolute atomic E-state index is 7.02. The first-order chi connectivity index (χ1) is 3.13. The van der Waals surface area contributed by atoms with Gasteiger partial charge in [-0.3, -0.25) is 0 Å². The van der Waals surface area contributed by atoms with Crippen LogP contribution in [0.15, 0.2) is 0 Å². The molecule has 0 saturated heterocycles. The first kappa shape index (κ1) is 4.34. The predicted octanol–water partition coefficient (Wildman–Crippen LogP) is 0.543. The van der Waals surface area contributed by atoms with Gasteiger partial charge in [-0.25, -0.2) is 0 Å². The van der Waals surface area contributed by atoms with E-state index in [9.17, 15) is 0 Å². The van der Waals surface area contributed by atoms with Crippen LogP contribution in [0.3, 0.4) is 0 Å². The summed E-state index contributed by atoms with van der Waals surface area (Å²) in [5.41, 5.74) is 0. The summed E-state index contributed by atoms with van der Waals surface area (Å²) >= 11 is 0. The third-order valence-corrected chi connectivity index (χ3v) is 1.22. The second-order valence-corrected chi connectivity index (χ2v) is 2.16. The molecule has 38 valence electrons. The summed E-state index contributed by atoms with van der Waals surface area (Å²) in [6.07, 6.45) is 0.249. The molecule has 0 saturated carbocycles. The second-order valence-electron chi connectivity index (χ2n) is 1.42. The second kappa shape index (κ2) is 3.37. The Balaban J connectivity index is 2.95. The summed E-state index contributed by atoms with van der Waals surface area (Å²) in [6, 6.07) is 0.